The lowest BCUT2D eigenvalue weighted by molar-refractivity contribution is -0.126. The summed E-state index contributed by atoms with van der Waals surface area (Å²) >= 11 is 0. The molecule has 1 heterocycles. The van der Waals surface area contributed by atoms with Crippen molar-refractivity contribution < 1.29 is 9.59 Å². The normalized spacial score (nSPS) is 15.2. The lowest BCUT2D eigenvalue weighted by Crippen LogP contribution is -2.46. The number of hydrogen-bond acceptors (Lipinski definition) is 2. The molecule has 1 aliphatic rings. The van der Waals surface area contributed by atoms with Crippen molar-refractivity contribution in [3.05, 3.63) is 77.4 Å². The minimum absolute atomic E-state index is 0.0288. The van der Waals surface area contributed by atoms with E-state index in [9.17, 15) is 9.59 Å². The molecule has 2 aromatic rings. The van der Waals surface area contributed by atoms with Crippen molar-refractivity contribution >= 4 is 17.9 Å². The largest absolute Gasteiger partial charge is 0.349 e. The number of nitrogens with zero attached hydrogens (tertiary/aromatic N) is 1. The maximum atomic E-state index is 12.4. The van der Waals surface area contributed by atoms with Gasteiger partial charge in [-0.05, 0) is 49.1 Å². The first-order chi connectivity index (χ1) is 12.6. The minimum Gasteiger partial charge on any atom is -0.349 e. The van der Waals surface area contributed by atoms with E-state index in [4.69, 9.17) is 0 Å². The lowest BCUT2D eigenvalue weighted by Gasteiger charge is -2.31. The molecule has 0 spiro atoms. The average molecular weight is 348 g/mol. The molecule has 0 bridgehead atoms. The zero-order valence-electron chi connectivity index (χ0n) is 15.0. The number of rotatable bonds is 4. The number of hydrogen-bond donors (Lipinski definition) is 1. The van der Waals surface area contributed by atoms with Crippen molar-refractivity contribution in [2.75, 3.05) is 13.1 Å². The van der Waals surface area contributed by atoms with E-state index in [1.165, 1.54) is 0 Å². The number of carbonyl (C=O) groups is 2. The van der Waals surface area contributed by atoms with E-state index in [0.717, 1.165) is 24.0 Å². The smallest absolute Gasteiger partial charge is 0.251 e. The molecule has 1 fully saturated rings. The Morgan fingerprint density at radius 2 is 1.65 bits per heavy atom. The van der Waals surface area contributed by atoms with Crippen LogP contribution in [0.2, 0.25) is 0 Å². The Morgan fingerprint density at radius 3 is 2.35 bits per heavy atom. The third-order valence-electron chi connectivity index (χ3n) is 4.77. The lowest BCUT2D eigenvalue weighted by atomic mass is 10.0. The fourth-order valence-electron chi connectivity index (χ4n) is 3.14. The van der Waals surface area contributed by atoms with E-state index in [2.05, 4.69) is 5.32 Å². The highest BCUT2D eigenvalue weighted by atomic mass is 16.2. The summed E-state index contributed by atoms with van der Waals surface area (Å²) in [6, 6.07) is 17.3. The van der Waals surface area contributed by atoms with E-state index in [-0.39, 0.29) is 17.9 Å². The molecule has 0 radical (unpaired) electrons. The van der Waals surface area contributed by atoms with Crippen LogP contribution in [0.15, 0.2) is 60.7 Å². The van der Waals surface area contributed by atoms with Crippen LogP contribution < -0.4 is 5.32 Å². The topological polar surface area (TPSA) is 49.4 Å². The van der Waals surface area contributed by atoms with Crippen molar-refractivity contribution in [2.24, 2.45) is 0 Å². The molecule has 0 saturated carbocycles. The van der Waals surface area contributed by atoms with Gasteiger partial charge in [-0.2, -0.15) is 0 Å². The molecule has 26 heavy (non-hydrogen) atoms. The summed E-state index contributed by atoms with van der Waals surface area (Å²) in [5.41, 5.74) is 2.89. The number of carbonyl (C=O) groups excluding carboxylic acids is 2. The molecule has 0 atom stereocenters. The van der Waals surface area contributed by atoms with E-state index >= 15 is 0 Å². The molecule has 0 unspecified atom stereocenters. The number of amides is 2. The zero-order valence-corrected chi connectivity index (χ0v) is 15.0. The van der Waals surface area contributed by atoms with Crippen LogP contribution in [0, 0.1) is 6.92 Å². The van der Waals surface area contributed by atoms with Crippen molar-refractivity contribution in [2.45, 2.75) is 25.8 Å². The van der Waals surface area contributed by atoms with Gasteiger partial charge in [0.2, 0.25) is 5.91 Å². The van der Waals surface area contributed by atoms with Gasteiger partial charge in [0.15, 0.2) is 0 Å². The molecular weight excluding hydrogens is 324 g/mol. The van der Waals surface area contributed by atoms with E-state index in [1.54, 1.807) is 6.08 Å². The first-order valence-electron chi connectivity index (χ1n) is 9.02. The fourth-order valence-corrected chi connectivity index (χ4v) is 3.14. The highest BCUT2D eigenvalue weighted by Crippen LogP contribution is 2.14. The van der Waals surface area contributed by atoms with Gasteiger partial charge in [-0.15, -0.1) is 0 Å². The Kier molecular flexibility index (Phi) is 5.84. The number of nitrogens with one attached hydrogen (secondary N) is 1. The number of piperidine rings is 1. The van der Waals surface area contributed by atoms with Gasteiger partial charge in [-0.25, -0.2) is 0 Å². The van der Waals surface area contributed by atoms with Crippen LogP contribution in [0.4, 0.5) is 0 Å². The first kappa shape index (κ1) is 17.9. The molecule has 0 aromatic heterocycles. The molecule has 0 aliphatic carbocycles. The van der Waals surface area contributed by atoms with Gasteiger partial charge in [0.25, 0.3) is 5.91 Å². The highest BCUT2D eigenvalue weighted by molar-refractivity contribution is 5.94. The summed E-state index contributed by atoms with van der Waals surface area (Å²) in [7, 11) is 0. The Morgan fingerprint density at radius 1 is 1.00 bits per heavy atom. The maximum absolute atomic E-state index is 12.4. The summed E-state index contributed by atoms with van der Waals surface area (Å²) in [5.74, 6) is -0.0177. The monoisotopic (exact) mass is 348 g/mol. The van der Waals surface area contributed by atoms with Crippen LogP contribution in [-0.4, -0.2) is 35.8 Å². The summed E-state index contributed by atoms with van der Waals surface area (Å²) in [6.07, 6.45) is 5.08. The number of aryl methyl sites for hydroxylation is 1. The van der Waals surface area contributed by atoms with Crippen LogP contribution in [0.1, 0.15) is 34.3 Å². The van der Waals surface area contributed by atoms with E-state index in [1.807, 2.05) is 72.5 Å². The SMILES string of the molecule is Cc1ccccc1C=CC(=O)N1CCC(NC(=O)c2ccccc2)CC1. The van der Waals surface area contributed by atoms with E-state index in [0.29, 0.717) is 18.7 Å². The van der Waals surface area contributed by atoms with Crippen LogP contribution in [0.25, 0.3) is 6.08 Å². The van der Waals surface area contributed by atoms with Crippen LogP contribution in [-0.2, 0) is 4.79 Å². The van der Waals surface area contributed by atoms with Gasteiger partial charge >= 0.3 is 0 Å². The average Bonchev–Trinajstić information content (AvgIpc) is 2.68. The molecule has 4 heteroatoms. The van der Waals surface area contributed by atoms with Crippen molar-refractivity contribution in [1.82, 2.24) is 10.2 Å². The van der Waals surface area contributed by atoms with E-state index < -0.39 is 0 Å². The molecule has 2 aromatic carbocycles. The molecule has 1 saturated heterocycles. The fraction of sp³-hybridized carbons (Fsp3) is 0.273. The van der Waals surface area contributed by atoms with Crippen molar-refractivity contribution in [3.8, 4) is 0 Å². The molecule has 3 rings (SSSR count). The summed E-state index contributed by atoms with van der Waals surface area (Å²) in [4.78, 5) is 26.4. The summed E-state index contributed by atoms with van der Waals surface area (Å²) in [5, 5.41) is 3.07. The van der Waals surface area contributed by atoms with Crippen LogP contribution in [0.5, 0.6) is 0 Å². The molecule has 1 N–H and O–H groups in total. The Balaban J connectivity index is 1.49. The predicted octanol–water partition coefficient (Wildman–Crippen LogP) is 3.43. The molecule has 134 valence electrons. The summed E-state index contributed by atoms with van der Waals surface area (Å²) in [6.45, 7) is 3.36. The third-order valence-corrected chi connectivity index (χ3v) is 4.77. The molecule has 4 nitrogen and oxygen atoms in total. The van der Waals surface area contributed by atoms with Crippen LogP contribution in [0.3, 0.4) is 0 Å². The molecule has 1 aliphatic heterocycles. The van der Waals surface area contributed by atoms with Crippen molar-refractivity contribution in [3.63, 3.8) is 0 Å². The molecular formula is C22H24N2O2. The predicted molar refractivity (Wildman–Crippen MR) is 104 cm³/mol. The Labute approximate surface area is 154 Å². The van der Waals surface area contributed by atoms with Gasteiger partial charge in [0.05, 0.1) is 0 Å². The zero-order chi connectivity index (χ0) is 18.4. The van der Waals surface area contributed by atoms with Gasteiger partial charge < -0.3 is 10.2 Å². The standard InChI is InChI=1S/C22H24N2O2/c1-17-7-5-6-8-18(17)11-12-21(25)24-15-13-20(14-16-24)23-22(26)19-9-3-2-4-10-19/h2-12,20H,13-16H2,1H3,(H,23,26). The van der Waals surface area contributed by atoms with Gasteiger partial charge in [-0.3, -0.25) is 9.59 Å². The van der Waals surface area contributed by atoms with Gasteiger partial charge in [-0.1, -0.05) is 42.5 Å². The molecule has 2 amide bonds. The second-order valence-corrected chi connectivity index (χ2v) is 6.63. The second kappa shape index (κ2) is 8.48. The number of likely N-dealkylation sites (tertiary alicyclic amines) is 1. The van der Waals surface area contributed by atoms with Gasteiger partial charge in [0, 0.05) is 30.8 Å². The van der Waals surface area contributed by atoms with Gasteiger partial charge in [0.1, 0.15) is 0 Å². The summed E-state index contributed by atoms with van der Waals surface area (Å²) < 4.78 is 0. The quantitative estimate of drug-likeness (QED) is 0.861. The number of benzene rings is 2. The highest BCUT2D eigenvalue weighted by Gasteiger charge is 2.23. The minimum atomic E-state index is -0.0465. The van der Waals surface area contributed by atoms with Crippen LogP contribution >= 0.6 is 0 Å². The first-order valence-corrected chi connectivity index (χ1v) is 9.02. The van der Waals surface area contributed by atoms with Crippen molar-refractivity contribution in [1.29, 1.82) is 0 Å². The third kappa shape index (κ3) is 4.60. The Bertz CT molecular complexity index is 791. The maximum Gasteiger partial charge on any atom is 0.251 e. The second-order valence-electron chi connectivity index (χ2n) is 6.63. The Hall–Kier alpha value is -2.88.